The van der Waals surface area contributed by atoms with Crippen molar-refractivity contribution in [2.45, 2.75) is 59.0 Å². The van der Waals surface area contributed by atoms with Crippen LogP contribution in [0.4, 0.5) is 0 Å². The summed E-state index contributed by atoms with van der Waals surface area (Å²) in [6.45, 7) is 7.06. The minimum atomic E-state index is -0.631. The highest BCUT2D eigenvalue weighted by molar-refractivity contribution is 5.89. The average Bonchev–Trinajstić information content (AvgIpc) is 2.89. The maximum atomic E-state index is 13.9. The van der Waals surface area contributed by atoms with Gasteiger partial charge in [-0.15, -0.1) is 0 Å². The number of benzene rings is 3. The molecule has 0 saturated heterocycles. The number of aryl methyl sites for hydroxylation is 2. The normalized spacial score (nSPS) is 11.6. The SMILES string of the molecule is CCCCNC(=O)[C@H](Cc1ccccc1)N(Cc1cccc(OC)c1)C(=O)Cc1cc(C)ccc1C. The molecule has 0 saturated carbocycles. The Morgan fingerprint density at radius 3 is 2.42 bits per heavy atom. The molecule has 36 heavy (non-hydrogen) atoms. The molecule has 0 aliphatic heterocycles. The summed E-state index contributed by atoms with van der Waals surface area (Å²) in [5.74, 6) is 0.532. The molecule has 3 aromatic rings. The fraction of sp³-hybridized carbons (Fsp3) is 0.355. The van der Waals surface area contributed by atoms with Crippen LogP contribution in [0, 0.1) is 13.8 Å². The van der Waals surface area contributed by atoms with E-state index in [2.05, 4.69) is 24.4 Å². The Kier molecular flexibility index (Phi) is 10.1. The molecule has 0 bridgehead atoms. The summed E-state index contributed by atoms with van der Waals surface area (Å²) in [5.41, 5.74) is 5.11. The predicted octanol–water partition coefficient (Wildman–Crippen LogP) is 5.41. The van der Waals surface area contributed by atoms with Crippen molar-refractivity contribution in [1.82, 2.24) is 10.2 Å². The van der Waals surface area contributed by atoms with Gasteiger partial charge in [-0.25, -0.2) is 0 Å². The molecule has 0 aromatic heterocycles. The zero-order valence-electron chi connectivity index (χ0n) is 21.9. The summed E-state index contributed by atoms with van der Waals surface area (Å²) in [6, 6.07) is 23.1. The van der Waals surface area contributed by atoms with Gasteiger partial charge in [0.25, 0.3) is 0 Å². The number of ether oxygens (including phenoxy) is 1. The smallest absolute Gasteiger partial charge is 0.243 e. The van der Waals surface area contributed by atoms with E-state index in [4.69, 9.17) is 4.74 Å². The molecule has 0 aliphatic rings. The van der Waals surface area contributed by atoms with Gasteiger partial charge >= 0.3 is 0 Å². The standard InChI is InChI=1S/C31H38N2O3/c1-5-6-17-32-31(35)29(20-25-11-8-7-9-12-25)33(22-26-13-10-14-28(19-26)36-4)30(34)21-27-18-23(2)15-16-24(27)3/h7-16,18-19,29H,5-6,17,20-22H2,1-4H3,(H,32,35)/t29-/m0/s1. The Bertz CT molecular complexity index is 1140. The van der Waals surface area contributed by atoms with Crippen molar-refractivity contribution in [3.8, 4) is 5.75 Å². The first-order chi connectivity index (χ1) is 17.4. The molecule has 190 valence electrons. The number of nitrogens with one attached hydrogen (secondary N) is 1. The number of unbranched alkanes of at least 4 members (excludes halogenated alkanes) is 1. The van der Waals surface area contributed by atoms with Gasteiger partial charge < -0.3 is 15.0 Å². The monoisotopic (exact) mass is 486 g/mol. The number of nitrogens with zero attached hydrogens (tertiary/aromatic N) is 1. The Labute approximate surface area is 215 Å². The van der Waals surface area contributed by atoms with Gasteiger partial charge in [0, 0.05) is 19.5 Å². The third-order valence-corrected chi connectivity index (χ3v) is 6.43. The van der Waals surface area contributed by atoms with Crippen molar-refractivity contribution >= 4 is 11.8 Å². The Morgan fingerprint density at radius 2 is 1.69 bits per heavy atom. The van der Waals surface area contributed by atoms with Crippen molar-refractivity contribution in [2.75, 3.05) is 13.7 Å². The minimum Gasteiger partial charge on any atom is -0.497 e. The van der Waals surface area contributed by atoms with Crippen molar-refractivity contribution in [3.63, 3.8) is 0 Å². The fourth-order valence-corrected chi connectivity index (χ4v) is 4.28. The second kappa shape index (κ2) is 13.5. The third-order valence-electron chi connectivity index (χ3n) is 6.43. The molecule has 1 atom stereocenters. The molecule has 0 radical (unpaired) electrons. The van der Waals surface area contributed by atoms with Crippen LogP contribution in [-0.2, 0) is 29.0 Å². The predicted molar refractivity (Wildman–Crippen MR) is 145 cm³/mol. The molecule has 3 rings (SSSR count). The second-order valence-electron chi connectivity index (χ2n) is 9.33. The zero-order chi connectivity index (χ0) is 25.9. The summed E-state index contributed by atoms with van der Waals surface area (Å²) in [5, 5.41) is 3.07. The minimum absolute atomic E-state index is 0.0712. The van der Waals surface area contributed by atoms with E-state index >= 15 is 0 Å². The van der Waals surface area contributed by atoms with Crippen LogP contribution >= 0.6 is 0 Å². The molecule has 5 nitrogen and oxygen atoms in total. The number of rotatable bonds is 12. The van der Waals surface area contributed by atoms with Gasteiger partial charge in [0.1, 0.15) is 11.8 Å². The summed E-state index contributed by atoms with van der Waals surface area (Å²) in [4.78, 5) is 29.2. The van der Waals surface area contributed by atoms with E-state index in [1.807, 2.05) is 74.5 Å². The van der Waals surface area contributed by atoms with Crippen molar-refractivity contribution < 1.29 is 14.3 Å². The highest BCUT2D eigenvalue weighted by Gasteiger charge is 2.30. The van der Waals surface area contributed by atoms with Crippen LogP contribution in [0.2, 0.25) is 0 Å². The van der Waals surface area contributed by atoms with Crippen molar-refractivity contribution in [3.05, 3.63) is 101 Å². The quantitative estimate of drug-likeness (QED) is 0.348. The van der Waals surface area contributed by atoms with Crippen molar-refractivity contribution in [1.29, 1.82) is 0 Å². The number of hydrogen-bond donors (Lipinski definition) is 1. The molecular formula is C31H38N2O3. The van der Waals surface area contributed by atoms with Crippen LogP contribution in [0.5, 0.6) is 5.75 Å². The van der Waals surface area contributed by atoms with E-state index in [9.17, 15) is 9.59 Å². The molecule has 0 unspecified atom stereocenters. The Hall–Kier alpha value is -3.60. The molecule has 5 heteroatoms. The first-order valence-electron chi connectivity index (χ1n) is 12.7. The van der Waals surface area contributed by atoms with Crippen LogP contribution in [0.15, 0.2) is 72.8 Å². The van der Waals surface area contributed by atoms with E-state index in [1.165, 1.54) is 0 Å². The Morgan fingerprint density at radius 1 is 0.944 bits per heavy atom. The second-order valence-corrected chi connectivity index (χ2v) is 9.33. The molecule has 3 aromatic carbocycles. The fourth-order valence-electron chi connectivity index (χ4n) is 4.28. The molecule has 0 fully saturated rings. The molecule has 1 N–H and O–H groups in total. The first-order valence-corrected chi connectivity index (χ1v) is 12.7. The van der Waals surface area contributed by atoms with Crippen LogP contribution in [0.3, 0.4) is 0 Å². The highest BCUT2D eigenvalue weighted by Crippen LogP contribution is 2.20. The molecule has 0 aliphatic carbocycles. The summed E-state index contributed by atoms with van der Waals surface area (Å²) < 4.78 is 5.41. The van der Waals surface area contributed by atoms with E-state index in [0.717, 1.165) is 46.4 Å². The van der Waals surface area contributed by atoms with Gasteiger partial charge in [0.2, 0.25) is 11.8 Å². The van der Waals surface area contributed by atoms with E-state index in [-0.39, 0.29) is 18.2 Å². The lowest BCUT2D eigenvalue weighted by molar-refractivity contribution is -0.140. The lowest BCUT2D eigenvalue weighted by atomic mass is 9.99. The average molecular weight is 487 g/mol. The Balaban J connectivity index is 1.98. The van der Waals surface area contributed by atoms with Crippen LogP contribution in [0.1, 0.15) is 47.6 Å². The summed E-state index contributed by atoms with van der Waals surface area (Å²) in [7, 11) is 1.63. The zero-order valence-corrected chi connectivity index (χ0v) is 21.9. The van der Waals surface area contributed by atoms with Gasteiger partial charge in [0.15, 0.2) is 0 Å². The first kappa shape index (κ1) is 27.0. The van der Waals surface area contributed by atoms with E-state index in [1.54, 1.807) is 12.0 Å². The molecule has 2 amide bonds. The maximum Gasteiger partial charge on any atom is 0.243 e. The van der Waals surface area contributed by atoms with Gasteiger partial charge in [-0.05, 0) is 54.7 Å². The topological polar surface area (TPSA) is 58.6 Å². The van der Waals surface area contributed by atoms with E-state index in [0.29, 0.717) is 19.5 Å². The summed E-state index contributed by atoms with van der Waals surface area (Å²) in [6.07, 6.45) is 2.57. The third kappa shape index (κ3) is 7.70. The van der Waals surface area contributed by atoms with E-state index < -0.39 is 6.04 Å². The molecule has 0 heterocycles. The highest BCUT2D eigenvalue weighted by atomic mass is 16.5. The van der Waals surface area contributed by atoms with Gasteiger partial charge in [-0.2, -0.15) is 0 Å². The van der Waals surface area contributed by atoms with Gasteiger partial charge in [-0.3, -0.25) is 9.59 Å². The number of amides is 2. The van der Waals surface area contributed by atoms with Crippen LogP contribution in [-0.4, -0.2) is 36.4 Å². The van der Waals surface area contributed by atoms with Crippen LogP contribution in [0.25, 0.3) is 0 Å². The number of carbonyl (C=O) groups excluding carboxylic acids is 2. The lowest BCUT2D eigenvalue weighted by Crippen LogP contribution is -2.51. The number of carbonyl (C=O) groups is 2. The van der Waals surface area contributed by atoms with Crippen LogP contribution < -0.4 is 10.1 Å². The maximum absolute atomic E-state index is 13.9. The van der Waals surface area contributed by atoms with Crippen molar-refractivity contribution in [2.24, 2.45) is 0 Å². The summed E-state index contributed by atoms with van der Waals surface area (Å²) >= 11 is 0. The molecule has 0 spiro atoms. The molecular weight excluding hydrogens is 448 g/mol. The van der Waals surface area contributed by atoms with Gasteiger partial charge in [-0.1, -0.05) is 79.6 Å². The number of methoxy groups -OCH3 is 1. The number of hydrogen-bond acceptors (Lipinski definition) is 3. The lowest BCUT2D eigenvalue weighted by Gasteiger charge is -2.32. The van der Waals surface area contributed by atoms with Gasteiger partial charge in [0.05, 0.1) is 13.5 Å². The largest absolute Gasteiger partial charge is 0.497 e.